The van der Waals surface area contributed by atoms with E-state index in [0.717, 1.165) is 6.42 Å². The van der Waals surface area contributed by atoms with E-state index in [4.69, 9.17) is 28.4 Å². The fraction of sp³-hybridized carbons (Fsp3) is 0.394. The summed E-state index contributed by atoms with van der Waals surface area (Å²) >= 11 is 0. The number of methoxy groups -OCH3 is 1. The van der Waals surface area contributed by atoms with Crippen molar-refractivity contribution in [3.8, 4) is 22.6 Å². The molecule has 228 valence electrons. The number of hydrogen-bond donors (Lipinski definition) is 2. The topological polar surface area (TPSA) is 122 Å². The summed E-state index contributed by atoms with van der Waals surface area (Å²) in [5, 5.41) is 12.5. The van der Waals surface area contributed by atoms with Gasteiger partial charge < -0.3 is 38.8 Å². The molecule has 1 saturated heterocycles. The van der Waals surface area contributed by atoms with E-state index in [9.17, 15) is 14.7 Å². The van der Waals surface area contributed by atoms with Gasteiger partial charge in [-0.05, 0) is 47.2 Å². The largest absolute Gasteiger partial charge is 0.491 e. The molecule has 0 saturated carbocycles. The Balaban J connectivity index is 0.998. The summed E-state index contributed by atoms with van der Waals surface area (Å²) < 4.78 is 33.4. The third-order valence-electron chi connectivity index (χ3n) is 7.51. The molecule has 1 amide bonds. The lowest BCUT2D eigenvalue weighted by atomic mass is 9.98. The van der Waals surface area contributed by atoms with Crippen molar-refractivity contribution in [3.05, 3.63) is 83.4 Å². The van der Waals surface area contributed by atoms with Crippen LogP contribution in [0.15, 0.2) is 66.7 Å². The summed E-state index contributed by atoms with van der Waals surface area (Å²) in [7, 11) is 1.33. The molecule has 1 heterocycles. The smallest absolute Gasteiger partial charge is 0.407 e. The van der Waals surface area contributed by atoms with Crippen molar-refractivity contribution >= 4 is 12.1 Å². The van der Waals surface area contributed by atoms with Gasteiger partial charge in [-0.3, -0.25) is 0 Å². The predicted molar refractivity (Wildman–Crippen MR) is 157 cm³/mol. The molecule has 2 N–H and O–H groups in total. The number of carbonyl (C=O) groups excluding carboxylic acids is 2. The number of nitrogens with one attached hydrogen (secondary N) is 1. The van der Waals surface area contributed by atoms with E-state index in [0.29, 0.717) is 49.7 Å². The molecule has 3 aromatic carbocycles. The van der Waals surface area contributed by atoms with Crippen LogP contribution in [0, 0.1) is 0 Å². The number of rotatable bonds is 13. The molecular weight excluding hydrogens is 554 g/mol. The monoisotopic (exact) mass is 591 g/mol. The molecule has 1 aliphatic carbocycles. The minimum Gasteiger partial charge on any atom is -0.491 e. The molecule has 0 spiro atoms. The standard InChI is InChI=1S/C33H37NO9/c1-38-32(36)29-11-6-12-31(42-29)43-30-19-23(14-13-22(30)20-35)40-18-17-39-16-15-34-33(37)41-21-28-26-9-4-2-7-24(26)25-8-3-5-10-27(25)28/h2-5,7-10,13-14,19,28-29,31,35H,6,11-12,15-18,20-21H2,1H3,(H,34,37)/t29-,31-/m0/s1. The quantitative estimate of drug-likeness (QED) is 0.218. The number of ether oxygens (including phenoxy) is 6. The molecule has 10 nitrogen and oxygen atoms in total. The minimum atomic E-state index is -0.670. The summed E-state index contributed by atoms with van der Waals surface area (Å²) in [6, 6.07) is 21.5. The van der Waals surface area contributed by atoms with Gasteiger partial charge in [-0.1, -0.05) is 48.5 Å². The Labute approximate surface area is 250 Å². The van der Waals surface area contributed by atoms with E-state index in [1.807, 2.05) is 24.3 Å². The lowest BCUT2D eigenvalue weighted by Gasteiger charge is -2.29. The summed E-state index contributed by atoms with van der Waals surface area (Å²) in [5.41, 5.74) is 5.27. The van der Waals surface area contributed by atoms with Crippen LogP contribution in [-0.4, -0.2) is 69.6 Å². The molecule has 2 aliphatic rings. The number of hydrogen-bond acceptors (Lipinski definition) is 9. The van der Waals surface area contributed by atoms with Crippen molar-refractivity contribution in [2.45, 2.75) is 44.2 Å². The molecule has 10 heteroatoms. The molecule has 3 aromatic rings. The average molecular weight is 592 g/mol. The maximum Gasteiger partial charge on any atom is 0.407 e. The first-order chi connectivity index (χ1) is 21.1. The normalized spacial score (nSPS) is 17.4. The van der Waals surface area contributed by atoms with Gasteiger partial charge in [0.1, 0.15) is 24.7 Å². The Kier molecular flexibility index (Phi) is 10.5. The summed E-state index contributed by atoms with van der Waals surface area (Å²) in [6.07, 6.45) is 0.147. The van der Waals surface area contributed by atoms with Gasteiger partial charge in [0.15, 0.2) is 6.10 Å². The molecule has 43 heavy (non-hydrogen) atoms. The minimum absolute atomic E-state index is 0.0101. The number of fused-ring (bicyclic) bond motifs is 3. The zero-order chi connectivity index (χ0) is 30.0. The van der Waals surface area contributed by atoms with E-state index in [1.165, 1.54) is 29.4 Å². The van der Waals surface area contributed by atoms with Crippen molar-refractivity contribution in [3.63, 3.8) is 0 Å². The van der Waals surface area contributed by atoms with Gasteiger partial charge in [0.25, 0.3) is 0 Å². The number of alkyl carbamates (subject to hydrolysis) is 1. The lowest BCUT2D eigenvalue weighted by molar-refractivity contribution is -0.183. The zero-order valence-corrected chi connectivity index (χ0v) is 24.2. The van der Waals surface area contributed by atoms with E-state index in [1.54, 1.807) is 18.2 Å². The molecular formula is C33H37NO9. The third-order valence-corrected chi connectivity index (χ3v) is 7.51. The molecule has 0 aromatic heterocycles. The first kappa shape index (κ1) is 30.3. The molecule has 1 aliphatic heterocycles. The van der Waals surface area contributed by atoms with E-state index in [-0.39, 0.29) is 25.7 Å². The number of aliphatic hydroxyl groups is 1. The number of carbonyl (C=O) groups is 2. The van der Waals surface area contributed by atoms with Crippen LogP contribution in [0.3, 0.4) is 0 Å². The van der Waals surface area contributed by atoms with Gasteiger partial charge in [-0.25, -0.2) is 9.59 Å². The van der Waals surface area contributed by atoms with Crippen LogP contribution in [-0.2, 0) is 30.3 Å². The Morgan fingerprint density at radius 2 is 1.70 bits per heavy atom. The maximum atomic E-state index is 12.3. The van der Waals surface area contributed by atoms with Crippen LogP contribution in [0.5, 0.6) is 11.5 Å². The number of amides is 1. The van der Waals surface area contributed by atoms with Crippen molar-refractivity contribution in [2.75, 3.05) is 40.1 Å². The van der Waals surface area contributed by atoms with E-state index >= 15 is 0 Å². The van der Waals surface area contributed by atoms with Crippen LogP contribution in [0.4, 0.5) is 4.79 Å². The van der Waals surface area contributed by atoms with E-state index < -0.39 is 24.5 Å². The van der Waals surface area contributed by atoms with Gasteiger partial charge >= 0.3 is 12.1 Å². The number of aliphatic hydroxyl groups excluding tert-OH is 1. The Hall–Kier alpha value is -4.12. The zero-order valence-electron chi connectivity index (χ0n) is 24.2. The molecule has 2 atom stereocenters. The van der Waals surface area contributed by atoms with Gasteiger partial charge in [-0.15, -0.1) is 0 Å². The average Bonchev–Trinajstić information content (AvgIpc) is 3.36. The van der Waals surface area contributed by atoms with Gasteiger partial charge in [-0.2, -0.15) is 0 Å². The number of benzene rings is 3. The lowest BCUT2D eigenvalue weighted by Crippen LogP contribution is -2.37. The van der Waals surface area contributed by atoms with E-state index in [2.05, 4.69) is 29.6 Å². The second kappa shape index (κ2) is 14.9. The summed E-state index contributed by atoms with van der Waals surface area (Å²) in [4.78, 5) is 24.2. The van der Waals surface area contributed by atoms with Crippen LogP contribution in [0.1, 0.15) is 41.9 Å². The molecule has 5 rings (SSSR count). The molecule has 0 unspecified atom stereocenters. The fourth-order valence-electron chi connectivity index (χ4n) is 5.38. The second-order valence-corrected chi connectivity index (χ2v) is 10.3. The van der Waals surface area contributed by atoms with Crippen molar-refractivity contribution in [1.29, 1.82) is 0 Å². The fourth-order valence-corrected chi connectivity index (χ4v) is 5.38. The highest BCUT2D eigenvalue weighted by Crippen LogP contribution is 2.44. The molecule has 0 bridgehead atoms. The van der Waals surface area contributed by atoms with Crippen molar-refractivity contribution in [2.24, 2.45) is 0 Å². The summed E-state index contributed by atoms with van der Waals surface area (Å²) in [6.45, 7) is 1.21. The maximum absolute atomic E-state index is 12.3. The highest BCUT2D eigenvalue weighted by atomic mass is 16.7. The first-order valence-electron chi connectivity index (χ1n) is 14.5. The van der Waals surface area contributed by atoms with Gasteiger partial charge in [0.05, 0.1) is 26.9 Å². The van der Waals surface area contributed by atoms with Gasteiger partial charge in [0, 0.05) is 30.5 Å². The van der Waals surface area contributed by atoms with Crippen molar-refractivity contribution < 1.29 is 43.1 Å². The van der Waals surface area contributed by atoms with Crippen molar-refractivity contribution in [1.82, 2.24) is 5.32 Å². The summed E-state index contributed by atoms with van der Waals surface area (Å²) in [5.74, 6) is 0.536. The Morgan fingerprint density at radius 3 is 2.42 bits per heavy atom. The highest BCUT2D eigenvalue weighted by Gasteiger charge is 2.31. The SMILES string of the molecule is COC(=O)[C@@H]1CCC[C@H](Oc2cc(OCCOCCNC(=O)OCC3c4ccccc4-c4ccccc43)ccc2CO)O1. The highest BCUT2D eigenvalue weighted by molar-refractivity contribution is 5.79. The van der Waals surface area contributed by atoms with Crippen LogP contribution < -0.4 is 14.8 Å². The Morgan fingerprint density at radius 1 is 0.953 bits per heavy atom. The van der Waals surface area contributed by atoms with Crippen LogP contribution in [0.25, 0.3) is 11.1 Å². The predicted octanol–water partition coefficient (Wildman–Crippen LogP) is 4.56. The van der Waals surface area contributed by atoms with Crippen LogP contribution >= 0.6 is 0 Å². The third kappa shape index (κ3) is 7.64. The number of esters is 1. The second-order valence-electron chi connectivity index (χ2n) is 10.3. The Bertz CT molecular complexity index is 1350. The van der Waals surface area contributed by atoms with Gasteiger partial charge in [0.2, 0.25) is 6.29 Å². The molecule has 0 radical (unpaired) electrons. The molecule has 1 fully saturated rings. The van der Waals surface area contributed by atoms with Crippen LogP contribution in [0.2, 0.25) is 0 Å². The first-order valence-corrected chi connectivity index (χ1v) is 14.5.